The number of carbonyl (C=O) groups is 1. The van der Waals surface area contributed by atoms with Gasteiger partial charge < -0.3 is 15.4 Å². The minimum Gasteiger partial charge on any atom is -0.378 e. The van der Waals surface area contributed by atoms with Crippen LogP contribution in [0.1, 0.15) is 46.0 Å². The smallest absolute Gasteiger partial charge is 0.224 e. The Labute approximate surface area is 123 Å². The molecule has 19 heavy (non-hydrogen) atoms. The number of nitrogens with zero attached hydrogens (tertiary/aromatic N) is 1. The summed E-state index contributed by atoms with van der Waals surface area (Å²) in [6.45, 7) is 5.77. The van der Waals surface area contributed by atoms with Crippen molar-refractivity contribution in [2.24, 2.45) is 11.7 Å². The van der Waals surface area contributed by atoms with Gasteiger partial charge in [-0.05, 0) is 31.6 Å². The summed E-state index contributed by atoms with van der Waals surface area (Å²) < 4.78 is 5.59. The largest absolute Gasteiger partial charge is 0.378 e. The van der Waals surface area contributed by atoms with Gasteiger partial charge in [0.15, 0.2) is 0 Å². The van der Waals surface area contributed by atoms with Crippen LogP contribution >= 0.6 is 12.4 Å². The topological polar surface area (TPSA) is 55.6 Å². The normalized spacial score (nSPS) is 20.8. The van der Waals surface area contributed by atoms with Gasteiger partial charge >= 0.3 is 0 Å². The summed E-state index contributed by atoms with van der Waals surface area (Å²) in [5.74, 6) is 0.646. The van der Waals surface area contributed by atoms with Crippen LogP contribution < -0.4 is 5.73 Å². The molecule has 0 bridgehead atoms. The van der Waals surface area contributed by atoms with E-state index in [1.165, 1.54) is 6.42 Å². The molecule has 1 heterocycles. The zero-order chi connectivity index (χ0) is 13.5. The monoisotopic (exact) mass is 292 g/mol. The van der Waals surface area contributed by atoms with E-state index in [0.29, 0.717) is 12.3 Å². The van der Waals surface area contributed by atoms with Crippen molar-refractivity contribution < 1.29 is 9.53 Å². The average Bonchev–Trinajstić information content (AvgIpc) is 2.36. The van der Waals surface area contributed by atoms with E-state index >= 15 is 0 Å². The number of amides is 1. The summed E-state index contributed by atoms with van der Waals surface area (Å²) in [4.78, 5) is 13.8. The summed E-state index contributed by atoms with van der Waals surface area (Å²) in [7, 11) is 1.86. The molecule has 0 aromatic carbocycles. The summed E-state index contributed by atoms with van der Waals surface area (Å²) in [5, 5.41) is 0. The number of rotatable bonds is 6. The van der Waals surface area contributed by atoms with E-state index in [-0.39, 0.29) is 30.5 Å². The summed E-state index contributed by atoms with van der Waals surface area (Å²) >= 11 is 0. The Kier molecular flexibility index (Phi) is 9.40. The van der Waals surface area contributed by atoms with Crippen LogP contribution in [-0.4, -0.2) is 43.2 Å². The fourth-order valence-electron chi connectivity index (χ4n) is 2.12. The van der Waals surface area contributed by atoms with Crippen LogP contribution in [-0.2, 0) is 9.53 Å². The Morgan fingerprint density at radius 1 is 1.42 bits per heavy atom. The second-order valence-corrected chi connectivity index (χ2v) is 5.70. The van der Waals surface area contributed by atoms with Gasteiger partial charge in [0.25, 0.3) is 0 Å². The number of ether oxygens (including phenoxy) is 1. The van der Waals surface area contributed by atoms with Crippen LogP contribution in [0.5, 0.6) is 0 Å². The van der Waals surface area contributed by atoms with E-state index in [9.17, 15) is 4.79 Å². The molecular weight excluding hydrogens is 264 g/mol. The Hall–Kier alpha value is -0.320. The molecule has 114 valence electrons. The highest BCUT2D eigenvalue weighted by Gasteiger charge is 2.20. The van der Waals surface area contributed by atoms with Gasteiger partial charge in [0, 0.05) is 26.2 Å². The lowest BCUT2D eigenvalue weighted by Crippen LogP contribution is -2.36. The standard InChI is InChI=1S/C14H28N2O2.ClH/c1-11(2)13(15)7-8-16(3)14(17)10-12-6-4-5-9-18-12;/h11-13H,4-10,15H2,1-3H3;1H. The van der Waals surface area contributed by atoms with E-state index in [2.05, 4.69) is 13.8 Å². The van der Waals surface area contributed by atoms with Gasteiger partial charge in [-0.1, -0.05) is 13.8 Å². The van der Waals surface area contributed by atoms with E-state index in [1.807, 2.05) is 7.05 Å². The molecule has 1 rings (SSSR count). The first kappa shape index (κ1) is 18.7. The van der Waals surface area contributed by atoms with Gasteiger partial charge in [-0.25, -0.2) is 0 Å². The molecule has 4 nitrogen and oxygen atoms in total. The molecule has 0 radical (unpaired) electrons. The summed E-state index contributed by atoms with van der Waals surface area (Å²) in [6, 6.07) is 0.172. The van der Waals surface area contributed by atoms with Crippen LogP contribution in [0.3, 0.4) is 0 Å². The van der Waals surface area contributed by atoms with Crippen LogP contribution in [0.25, 0.3) is 0 Å². The van der Waals surface area contributed by atoms with Crippen molar-refractivity contribution in [1.29, 1.82) is 0 Å². The van der Waals surface area contributed by atoms with E-state index in [4.69, 9.17) is 10.5 Å². The van der Waals surface area contributed by atoms with Gasteiger partial charge in [0.05, 0.1) is 12.5 Å². The number of nitrogens with two attached hydrogens (primary N) is 1. The lowest BCUT2D eigenvalue weighted by Gasteiger charge is -2.26. The molecule has 1 aliphatic heterocycles. The highest BCUT2D eigenvalue weighted by Crippen LogP contribution is 2.16. The third-order valence-corrected chi connectivity index (χ3v) is 3.76. The molecule has 0 saturated carbocycles. The minimum atomic E-state index is 0. The van der Waals surface area contributed by atoms with Gasteiger partial charge in [0.1, 0.15) is 0 Å². The molecule has 2 N–H and O–H groups in total. The van der Waals surface area contributed by atoms with Gasteiger partial charge in [-0.2, -0.15) is 0 Å². The highest BCUT2D eigenvalue weighted by atomic mass is 35.5. The average molecular weight is 293 g/mol. The molecule has 1 saturated heterocycles. The van der Waals surface area contributed by atoms with Gasteiger partial charge in [-0.15, -0.1) is 12.4 Å². The van der Waals surface area contributed by atoms with E-state index in [0.717, 1.165) is 32.4 Å². The maximum Gasteiger partial charge on any atom is 0.224 e. The quantitative estimate of drug-likeness (QED) is 0.816. The molecule has 0 aliphatic carbocycles. The maximum atomic E-state index is 12.0. The number of carbonyl (C=O) groups excluding carboxylic acids is 1. The second-order valence-electron chi connectivity index (χ2n) is 5.70. The predicted molar refractivity (Wildman–Crippen MR) is 80.5 cm³/mol. The summed E-state index contributed by atoms with van der Waals surface area (Å²) in [6.07, 6.45) is 4.85. The zero-order valence-corrected chi connectivity index (χ0v) is 13.2. The predicted octanol–water partition coefficient (Wildman–Crippen LogP) is 2.20. The Morgan fingerprint density at radius 3 is 2.63 bits per heavy atom. The molecule has 2 unspecified atom stereocenters. The van der Waals surface area contributed by atoms with Crippen LogP contribution in [0.2, 0.25) is 0 Å². The molecular formula is C14H29ClN2O2. The Morgan fingerprint density at radius 2 is 2.11 bits per heavy atom. The third kappa shape index (κ3) is 7.14. The lowest BCUT2D eigenvalue weighted by atomic mass is 10.0. The molecule has 5 heteroatoms. The van der Waals surface area contributed by atoms with Crippen molar-refractivity contribution in [3.63, 3.8) is 0 Å². The first-order valence-electron chi connectivity index (χ1n) is 7.12. The number of hydrogen-bond donors (Lipinski definition) is 1. The minimum absolute atomic E-state index is 0. The Bertz CT molecular complexity index is 256. The fraction of sp³-hybridized carbons (Fsp3) is 0.929. The molecule has 0 aromatic rings. The SMILES string of the molecule is CC(C)C(N)CCN(C)C(=O)CC1CCCCO1.Cl. The van der Waals surface area contributed by atoms with Gasteiger partial charge in [-0.3, -0.25) is 4.79 Å². The van der Waals surface area contributed by atoms with Crippen LogP contribution in [0.15, 0.2) is 0 Å². The van der Waals surface area contributed by atoms with Crippen molar-refractivity contribution >= 4 is 18.3 Å². The number of hydrogen-bond acceptors (Lipinski definition) is 3. The maximum absolute atomic E-state index is 12.0. The second kappa shape index (κ2) is 9.56. The van der Waals surface area contributed by atoms with Crippen molar-refractivity contribution in [3.05, 3.63) is 0 Å². The first-order chi connectivity index (χ1) is 8.50. The third-order valence-electron chi connectivity index (χ3n) is 3.76. The van der Waals surface area contributed by atoms with Crippen LogP contribution in [0, 0.1) is 5.92 Å². The van der Waals surface area contributed by atoms with Crippen molar-refractivity contribution in [1.82, 2.24) is 4.90 Å². The lowest BCUT2D eigenvalue weighted by molar-refractivity contribution is -0.133. The fourth-order valence-corrected chi connectivity index (χ4v) is 2.12. The van der Waals surface area contributed by atoms with E-state index in [1.54, 1.807) is 4.90 Å². The molecule has 0 aromatic heterocycles. The molecule has 2 atom stereocenters. The van der Waals surface area contributed by atoms with Gasteiger partial charge in [0.2, 0.25) is 5.91 Å². The molecule has 0 spiro atoms. The molecule has 1 fully saturated rings. The zero-order valence-electron chi connectivity index (χ0n) is 12.4. The van der Waals surface area contributed by atoms with Crippen molar-refractivity contribution in [3.8, 4) is 0 Å². The number of halogens is 1. The van der Waals surface area contributed by atoms with Crippen molar-refractivity contribution in [2.75, 3.05) is 20.2 Å². The van der Waals surface area contributed by atoms with E-state index < -0.39 is 0 Å². The summed E-state index contributed by atoms with van der Waals surface area (Å²) in [5.41, 5.74) is 5.99. The highest BCUT2D eigenvalue weighted by molar-refractivity contribution is 5.85. The van der Waals surface area contributed by atoms with Crippen molar-refractivity contribution in [2.45, 2.75) is 58.1 Å². The molecule has 1 amide bonds. The van der Waals surface area contributed by atoms with Crippen LogP contribution in [0.4, 0.5) is 0 Å². The molecule has 1 aliphatic rings. The first-order valence-corrected chi connectivity index (χ1v) is 7.12. The Balaban J connectivity index is 0.00000324.